The van der Waals surface area contributed by atoms with E-state index in [1.54, 1.807) is 12.3 Å². The van der Waals surface area contributed by atoms with Gasteiger partial charge in [0.25, 0.3) is 0 Å². The van der Waals surface area contributed by atoms with Crippen LogP contribution in [0.5, 0.6) is 0 Å². The summed E-state index contributed by atoms with van der Waals surface area (Å²) in [6, 6.07) is 8.43. The van der Waals surface area contributed by atoms with Gasteiger partial charge in [0, 0.05) is 24.0 Å². The normalized spacial score (nSPS) is 19.3. The zero-order chi connectivity index (χ0) is 18.1. The molecule has 4 rings (SSSR count). The third-order valence-corrected chi connectivity index (χ3v) is 5.67. The van der Waals surface area contributed by atoms with E-state index in [-0.39, 0.29) is 11.3 Å². The molecule has 1 saturated heterocycles. The van der Waals surface area contributed by atoms with Crippen LogP contribution in [-0.2, 0) is 17.6 Å². The van der Waals surface area contributed by atoms with Crippen molar-refractivity contribution in [1.29, 1.82) is 0 Å². The molecule has 2 aliphatic rings. The molecule has 4 heteroatoms. The van der Waals surface area contributed by atoms with Gasteiger partial charge in [0.2, 0.25) is 5.91 Å². The number of nitrogens with one attached hydrogen (secondary N) is 1. The van der Waals surface area contributed by atoms with Crippen LogP contribution in [0.1, 0.15) is 30.0 Å². The van der Waals surface area contributed by atoms with Crippen LogP contribution < -0.4 is 0 Å². The summed E-state index contributed by atoms with van der Waals surface area (Å²) in [5.74, 6) is 0.231. The molecule has 26 heavy (non-hydrogen) atoms. The second kappa shape index (κ2) is 6.45. The van der Waals surface area contributed by atoms with Gasteiger partial charge in [0.05, 0.1) is 11.6 Å². The van der Waals surface area contributed by atoms with E-state index >= 15 is 0 Å². The monoisotopic (exact) mass is 345 g/mol. The molecule has 1 aliphatic heterocycles. The average Bonchev–Trinajstić information content (AvgIpc) is 3.37. The minimum atomic E-state index is -0.269. The zero-order valence-electron chi connectivity index (χ0n) is 15.0. The quantitative estimate of drug-likeness (QED) is 0.855. The summed E-state index contributed by atoms with van der Waals surface area (Å²) in [6.45, 7) is 6.71. The van der Waals surface area contributed by atoms with E-state index in [0.29, 0.717) is 0 Å². The molecule has 0 atom stereocenters. The van der Waals surface area contributed by atoms with Crippen LogP contribution in [0.25, 0.3) is 5.57 Å². The molecular weight excluding hydrogens is 322 g/mol. The maximum absolute atomic E-state index is 13.3. The Kier molecular flexibility index (Phi) is 4.11. The summed E-state index contributed by atoms with van der Waals surface area (Å²) in [4.78, 5) is 15.2. The van der Waals surface area contributed by atoms with Crippen LogP contribution in [0.4, 0.5) is 0 Å². The van der Waals surface area contributed by atoms with Gasteiger partial charge in [-0.3, -0.25) is 9.89 Å². The van der Waals surface area contributed by atoms with Gasteiger partial charge in [-0.2, -0.15) is 5.10 Å². The smallest absolute Gasteiger partial charge is 0.233 e. The number of nitrogens with zero attached hydrogens (tertiary/aromatic N) is 2. The van der Waals surface area contributed by atoms with E-state index in [1.165, 1.54) is 11.1 Å². The zero-order valence-corrected chi connectivity index (χ0v) is 15.0. The third kappa shape index (κ3) is 2.71. The van der Waals surface area contributed by atoms with Gasteiger partial charge in [-0.15, -0.1) is 0 Å². The fourth-order valence-corrected chi connectivity index (χ4v) is 4.13. The molecule has 0 bridgehead atoms. The van der Waals surface area contributed by atoms with Crippen LogP contribution in [0.3, 0.4) is 0 Å². The van der Waals surface area contributed by atoms with Gasteiger partial charge < -0.3 is 4.90 Å². The molecular formula is C22H23N3O. The summed E-state index contributed by atoms with van der Waals surface area (Å²) < 4.78 is 0. The SMILES string of the molecule is C=C/C(=C\C=C(/C)c1cn[nH]c1)N1CCC2(Cc3ccccc3C2)C1=O. The first-order valence-corrected chi connectivity index (χ1v) is 9.02. The number of amides is 1. The molecule has 1 aromatic carbocycles. The maximum Gasteiger partial charge on any atom is 0.233 e. The number of hydrogen-bond acceptors (Lipinski definition) is 2. The van der Waals surface area contributed by atoms with E-state index in [2.05, 4.69) is 41.0 Å². The van der Waals surface area contributed by atoms with Gasteiger partial charge in [0.1, 0.15) is 0 Å². The van der Waals surface area contributed by atoms with Gasteiger partial charge in [0.15, 0.2) is 0 Å². The Morgan fingerprint density at radius 1 is 1.27 bits per heavy atom. The molecule has 2 aromatic rings. The largest absolute Gasteiger partial charge is 0.312 e. The fraction of sp³-hybridized carbons (Fsp3) is 0.273. The molecule has 0 saturated carbocycles. The Balaban J connectivity index is 1.57. The second-order valence-electron chi connectivity index (χ2n) is 7.24. The number of carbonyl (C=O) groups excluding carboxylic acids is 1. The third-order valence-electron chi connectivity index (χ3n) is 5.67. The number of benzene rings is 1. The van der Waals surface area contributed by atoms with Crippen molar-refractivity contribution in [1.82, 2.24) is 15.1 Å². The van der Waals surface area contributed by atoms with Crippen LogP contribution in [0.2, 0.25) is 0 Å². The highest BCUT2D eigenvalue weighted by Crippen LogP contribution is 2.45. The molecule has 132 valence electrons. The van der Waals surface area contributed by atoms with Gasteiger partial charge in [-0.25, -0.2) is 0 Å². The molecule has 1 fully saturated rings. The van der Waals surface area contributed by atoms with E-state index in [1.807, 2.05) is 30.2 Å². The first kappa shape index (κ1) is 16.6. The number of rotatable bonds is 4. The molecule has 0 radical (unpaired) electrons. The topological polar surface area (TPSA) is 49.0 Å². The minimum Gasteiger partial charge on any atom is -0.312 e. The number of H-pyrrole nitrogens is 1. The van der Waals surface area contributed by atoms with Crippen molar-refractivity contribution in [3.8, 4) is 0 Å². The summed E-state index contributed by atoms with van der Waals surface area (Å²) in [7, 11) is 0. The second-order valence-corrected chi connectivity index (χ2v) is 7.24. The summed E-state index contributed by atoms with van der Waals surface area (Å²) in [6.07, 6.45) is 12.0. The molecule has 1 aliphatic carbocycles. The Labute approximate surface area is 153 Å². The molecule has 1 aromatic heterocycles. The van der Waals surface area contributed by atoms with Crippen molar-refractivity contribution < 1.29 is 4.79 Å². The average molecular weight is 345 g/mol. The van der Waals surface area contributed by atoms with E-state index in [4.69, 9.17) is 0 Å². The number of fused-ring (bicyclic) bond motifs is 1. The summed E-state index contributed by atoms with van der Waals surface area (Å²) in [5.41, 5.74) is 5.37. The first-order valence-electron chi connectivity index (χ1n) is 9.02. The molecule has 1 amide bonds. The highest BCUT2D eigenvalue weighted by Gasteiger charge is 2.50. The lowest BCUT2D eigenvalue weighted by molar-refractivity contribution is -0.133. The molecule has 0 unspecified atom stereocenters. The number of aromatic amines is 1. The van der Waals surface area contributed by atoms with Gasteiger partial charge in [-0.1, -0.05) is 36.9 Å². The molecule has 1 spiro atoms. The van der Waals surface area contributed by atoms with Crippen LogP contribution in [-0.4, -0.2) is 27.5 Å². The van der Waals surface area contributed by atoms with Crippen LogP contribution in [0, 0.1) is 5.41 Å². The van der Waals surface area contributed by atoms with Crippen molar-refractivity contribution in [2.45, 2.75) is 26.2 Å². The van der Waals surface area contributed by atoms with Crippen LogP contribution >= 0.6 is 0 Å². The minimum absolute atomic E-state index is 0.231. The summed E-state index contributed by atoms with van der Waals surface area (Å²) in [5, 5.41) is 6.80. The Bertz CT molecular complexity index is 880. The highest BCUT2D eigenvalue weighted by atomic mass is 16.2. The predicted molar refractivity (Wildman–Crippen MR) is 103 cm³/mol. The molecule has 2 heterocycles. The fourth-order valence-electron chi connectivity index (χ4n) is 4.13. The number of aromatic nitrogens is 2. The lowest BCUT2D eigenvalue weighted by Gasteiger charge is -2.23. The number of likely N-dealkylation sites (tertiary alicyclic amines) is 1. The van der Waals surface area contributed by atoms with E-state index in [9.17, 15) is 4.79 Å². The maximum atomic E-state index is 13.3. The highest BCUT2D eigenvalue weighted by molar-refractivity contribution is 5.88. The predicted octanol–water partition coefficient (Wildman–Crippen LogP) is 3.90. The van der Waals surface area contributed by atoms with Crippen molar-refractivity contribution in [2.24, 2.45) is 5.41 Å². The van der Waals surface area contributed by atoms with Gasteiger partial charge >= 0.3 is 0 Å². The summed E-state index contributed by atoms with van der Waals surface area (Å²) >= 11 is 0. The van der Waals surface area contributed by atoms with Crippen molar-refractivity contribution in [3.63, 3.8) is 0 Å². The lowest BCUT2D eigenvalue weighted by Crippen LogP contribution is -2.34. The molecule has 4 nitrogen and oxygen atoms in total. The van der Waals surface area contributed by atoms with E-state index in [0.717, 1.165) is 42.6 Å². The number of carbonyl (C=O) groups is 1. The van der Waals surface area contributed by atoms with Crippen molar-refractivity contribution in [3.05, 3.63) is 83.9 Å². The van der Waals surface area contributed by atoms with Crippen LogP contribution in [0.15, 0.2) is 67.2 Å². The van der Waals surface area contributed by atoms with Crippen molar-refractivity contribution >= 4 is 11.5 Å². The first-order chi connectivity index (χ1) is 12.6. The van der Waals surface area contributed by atoms with Crippen molar-refractivity contribution in [2.75, 3.05) is 6.54 Å². The Morgan fingerprint density at radius 2 is 2.00 bits per heavy atom. The standard InChI is InChI=1S/C22H23N3O/c1-3-20(9-8-16(2)19-14-23-24-15-19)25-11-10-22(21(25)26)12-17-6-4-5-7-18(17)13-22/h3-9,14-15H,1,10-13H2,2H3,(H,23,24)/b16-8+,20-9+. The van der Waals surface area contributed by atoms with E-state index < -0.39 is 0 Å². The van der Waals surface area contributed by atoms with Gasteiger partial charge in [-0.05, 0) is 55.0 Å². The molecule has 1 N–H and O–H groups in total. The Hall–Kier alpha value is -2.88. The Morgan fingerprint density at radius 3 is 2.62 bits per heavy atom. The number of allylic oxidation sites excluding steroid dienone is 4. The number of hydrogen-bond donors (Lipinski definition) is 1. The lowest BCUT2D eigenvalue weighted by atomic mass is 9.83.